The van der Waals surface area contributed by atoms with Gasteiger partial charge >= 0.3 is 0 Å². The van der Waals surface area contributed by atoms with E-state index in [9.17, 15) is 9.18 Å². The van der Waals surface area contributed by atoms with Gasteiger partial charge in [0.1, 0.15) is 11.9 Å². The highest BCUT2D eigenvalue weighted by Crippen LogP contribution is 2.29. The molecule has 150 valence electrons. The minimum atomic E-state index is -0.887. The van der Waals surface area contributed by atoms with Gasteiger partial charge in [-0.15, -0.1) is 0 Å². The van der Waals surface area contributed by atoms with Crippen LogP contribution in [0.2, 0.25) is 0 Å². The fourth-order valence-electron chi connectivity index (χ4n) is 4.30. The molecule has 2 aromatic rings. The molecule has 2 aliphatic rings. The van der Waals surface area contributed by atoms with Crippen molar-refractivity contribution in [2.75, 3.05) is 38.6 Å². The van der Waals surface area contributed by atoms with Crippen molar-refractivity contribution in [3.63, 3.8) is 0 Å². The Hall–Kier alpha value is -2.41. The zero-order chi connectivity index (χ0) is 19.7. The average Bonchev–Trinajstić information content (AvgIpc) is 3.26. The normalized spacial score (nSPS) is 25.4. The van der Waals surface area contributed by atoms with E-state index in [1.54, 1.807) is 18.2 Å². The summed E-state index contributed by atoms with van der Waals surface area (Å²) in [5.74, 6) is 0.798. The molecule has 1 aromatic carbocycles. The lowest BCUT2D eigenvalue weighted by Crippen LogP contribution is -2.42. The van der Waals surface area contributed by atoms with Crippen molar-refractivity contribution in [1.29, 1.82) is 0 Å². The molecule has 2 fully saturated rings. The molecular weight excluding hydrogens is 359 g/mol. The van der Waals surface area contributed by atoms with E-state index in [1.807, 2.05) is 31.2 Å². The molecule has 1 N–H and O–H groups in total. The molecule has 1 amide bonds. The standard InChI is InChI=1S/C21H27FN4O2/c1-14-8-15(22)11-26(14)21(27)13-25-7-5-16(12-25)24-20-10-17(28-2)9-19-18(20)4-3-6-23-19/h3-4,6,9-10,14-16,24H,5,7-8,11-13H2,1-2H3/t14-,15+,16-/m1/s1. The number of halogens is 1. The molecule has 3 atom stereocenters. The van der Waals surface area contributed by atoms with Gasteiger partial charge in [-0.05, 0) is 25.5 Å². The van der Waals surface area contributed by atoms with Crippen molar-refractivity contribution in [3.05, 3.63) is 30.5 Å². The Morgan fingerprint density at radius 3 is 3.00 bits per heavy atom. The molecule has 0 spiro atoms. The first-order valence-corrected chi connectivity index (χ1v) is 9.88. The predicted octanol–water partition coefficient (Wildman–Crippen LogP) is 2.69. The maximum atomic E-state index is 13.6. The van der Waals surface area contributed by atoms with Crippen molar-refractivity contribution in [1.82, 2.24) is 14.8 Å². The number of nitrogens with one attached hydrogen (secondary N) is 1. The van der Waals surface area contributed by atoms with E-state index in [0.29, 0.717) is 13.0 Å². The summed E-state index contributed by atoms with van der Waals surface area (Å²) in [7, 11) is 1.65. The number of likely N-dealkylation sites (tertiary alicyclic amines) is 2. The molecule has 6 nitrogen and oxygen atoms in total. The number of nitrogens with zero attached hydrogens (tertiary/aromatic N) is 3. The quantitative estimate of drug-likeness (QED) is 0.856. The van der Waals surface area contributed by atoms with Crippen LogP contribution in [0.15, 0.2) is 30.5 Å². The highest BCUT2D eigenvalue weighted by molar-refractivity contribution is 5.92. The predicted molar refractivity (Wildman–Crippen MR) is 107 cm³/mol. The lowest BCUT2D eigenvalue weighted by molar-refractivity contribution is -0.132. The summed E-state index contributed by atoms with van der Waals surface area (Å²) in [5, 5.41) is 4.65. The summed E-state index contributed by atoms with van der Waals surface area (Å²) in [6, 6.07) is 8.13. The number of fused-ring (bicyclic) bond motifs is 1. The number of rotatable bonds is 5. The van der Waals surface area contributed by atoms with Crippen LogP contribution in [0.3, 0.4) is 0 Å². The molecule has 3 heterocycles. The largest absolute Gasteiger partial charge is 0.497 e. The van der Waals surface area contributed by atoms with Crippen LogP contribution in [-0.4, -0.2) is 72.2 Å². The number of methoxy groups -OCH3 is 1. The number of benzene rings is 1. The first-order valence-electron chi connectivity index (χ1n) is 9.88. The zero-order valence-electron chi connectivity index (χ0n) is 16.4. The van der Waals surface area contributed by atoms with Gasteiger partial charge in [0, 0.05) is 61.0 Å². The number of hydrogen-bond acceptors (Lipinski definition) is 5. The van der Waals surface area contributed by atoms with Crippen LogP contribution in [0.1, 0.15) is 19.8 Å². The molecule has 7 heteroatoms. The maximum absolute atomic E-state index is 13.6. The fraction of sp³-hybridized carbons (Fsp3) is 0.524. The number of aromatic nitrogens is 1. The van der Waals surface area contributed by atoms with Crippen molar-refractivity contribution in [2.45, 2.75) is 38.0 Å². The van der Waals surface area contributed by atoms with E-state index >= 15 is 0 Å². The third-order valence-electron chi connectivity index (χ3n) is 5.76. The highest BCUT2D eigenvalue weighted by atomic mass is 19.1. The summed E-state index contributed by atoms with van der Waals surface area (Å²) in [5.41, 5.74) is 1.88. The molecule has 4 rings (SSSR count). The Balaban J connectivity index is 1.40. The van der Waals surface area contributed by atoms with Crippen LogP contribution in [-0.2, 0) is 4.79 Å². The number of hydrogen-bond donors (Lipinski definition) is 1. The van der Waals surface area contributed by atoms with E-state index in [0.717, 1.165) is 41.9 Å². The minimum Gasteiger partial charge on any atom is -0.497 e. The smallest absolute Gasteiger partial charge is 0.237 e. The molecule has 28 heavy (non-hydrogen) atoms. The molecule has 2 saturated heterocycles. The number of amides is 1. The molecule has 1 aromatic heterocycles. The summed E-state index contributed by atoms with van der Waals surface area (Å²) in [6.07, 6.45) is 2.29. The van der Waals surface area contributed by atoms with Crippen LogP contribution in [0.25, 0.3) is 10.9 Å². The highest BCUT2D eigenvalue weighted by Gasteiger charge is 2.34. The summed E-state index contributed by atoms with van der Waals surface area (Å²) in [4.78, 5) is 20.8. The Bertz CT molecular complexity index is 861. The fourth-order valence-corrected chi connectivity index (χ4v) is 4.30. The first kappa shape index (κ1) is 18.9. The second-order valence-electron chi connectivity index (χ2n) is 7.84. The molecule has 0 radical (unpaired) electrons. The number of anilines is 1. The third-order valence-corrected chi connectivity index (χ3v) is 5.76. The van der Waals surface area contributed by atoms with Gasteiger partial charge in [-0.1, -0.05) is 0 Å². The molecular formula is C21H27FN4O2. The Morgan fingerprint density at radius 1 is 1.39 bits per heavy atom. The van der Waals surface area contributed by atoms with Crippen LogP contribution < -0.4 is 10.1 Å². The first-order chi connectivity index (χ1) is 13.5. The van der Waals surface area contributed by atoms with E-state index in [-0.39, 0.29) is 24.5 Å². The van der Waals surface area contributed by atoms with Crippen LogP contribution in [0.5, 0.6) is 5.75 Å². The Morgan fingerprint density at radius 2 is 2.25 bits per heavy atom. The van der Waals surface area contributed by atoms with Crippen molar-refractivity contribution < 1.29 is 13.9 Å². The SMILES string of the molecule is COc1cc(N[C@@H]2CCN(CC(=O)N3C[C@@H](F)C[C@H]3C)C2)c2cccnc2c1. The Kier molecular flexibility index (Phi) is 5.35. The van der Waals surface area contributed by atoms with E-state index in [1.165, 1.54) is 0 Å². The molecule has 0 saturated carbocycles. The van der Waals surface area contributed by atoms with E-state index in [4.69, 9.17) is 4.74 Å². The molecule has 0 unspecified atom stereocenters. The number of carbonyl (C=O) groups is 1. The van der Waals surface area contributed by atoms with Crippen molar-refractivity contribution in [2.24, 2.45) is 0 Å². The summed E-state index contributed by atoms with van der Waals surface area (Å²) >= 11 is 0. The molecule has 2 aliphatic heterocycles. The second-order valence-corrected chi connectivity index (χ2v) is 7.84. The topological polar surface area (TPSA) is 57.7 Å². The second kappa shape index (κ2) is 7.91. The lowest BCUT2D eigenvalue weighted by atomic mass is 10.1. The number of ether oxygens (including phenoxy) is 1. The Labute approximate surface area is 164 Å². The lowest BCUT2D eigenvalue weighted by Gasteiger charge is -2.24. The van der Waals surface area contributed by atoms with Gasteiger partial charge in [0.05, 0.1) is 25.7 Å². The van der Waals surface area contributed by atoms with E-state index < -0.39 is 6.17 Å². The molecule has 0 aliphatic carbocycles. The number of pyridine rings is 1. The van der Waals surface area contributed by atoms with Crippen LogP contribution in [0.4, 0.5) is 10.1 Å². The summed E-state index contributed by atoms with van der Waals surface area (Å²) in [6.45, 7) is 4.15. The average molecular weight is 386 g/mol. The zero-order valence-corrected chi connectivity index (χ0v) is 16.4. The maximum Gasteiger partial charge on any atom is 0.237 e. The van der Waals surface area contributed by atoms with Gasteiger partial charge in [-0.3, -0.25) is 14.7 Å². The van der Waals surface area contributed by atoms with Gasteiger partial charge < -0.3 is 15.0 Å². The van der Waals surface area contributed by atoms with Gasteiger partial charge in [-0.2, -0.15) is 0 Å². The third kappa shape index (κ3) is 3.90. The van der Waals surface area contributed by atoms with Crippen LogP contribution in [0, 0.1) is 0 Å². The number of alkyl halides is 1. The van der Waals surface area contributed by atoms with Gasteiger partial charge in [0.15, 0.2) is 0 Å². The van der Waals surface area contributed by atoms with Gasteiger partial charge in [0.2, 0.25) is 5.91 Å². The van der Waals surface area contributed by atoms with Crippen molar-refractivity contribution >= 4 is 22.5 Å². The molecule has 0 bridgehead atoms. The van der Waals surface area contributed by atoms with E-state index in [2.05, 4.69) is 15.2 Å². The minimum absolute atomic E-state index is 0.00493. The summed E-state index contributed by atoms with van der Waals surface area (Å²) < 4.78 is 19.0. The number of carbonyl (C=O) groups excluding carboxylic acids is 1. The van der Waals surface area contributed by atoms with Gasteiger partial charge in [0.25, 0.3) is 0 Å². The monoisotopic (exact) mass is 386 g/mol. The van der Waals surface area contributed by atoms with Crippen molar-refractivity contribution in [3.8, 4) is 5.75 Å². The van der Waals surface area contributed by atoms with Crippen LogP contribution >= 0.6 is 0 Å². The van der Waals surface area contributed by atoms with Gasteiger partial charge in [-0.25, -0.2) is 4.39 Å².